The quantitative estimate of drug-likeness (QED) is 0.672. The van der Waals surface area contributed by atoms with E-state index in [0.29, 0.717) is 22.7 Å². The summed E-state index contributed by atoms with van der Waals surface area (Å²) in [5.41, 5.74) is 0.911. The molecular weight excluding hydrogens is 407 g/mol. The predicted molar refractivity (Wildman–Crippen MR) is 95.0 cm³/mol. The monoisotopic (exact) mass is 417 g/mol. The first-order chi connectivity index (χ1) is 12.2. The molecule has 136 valence electrons. The highest BCUT2D eigenvalue weighted by atomic mass is 35.5. The first-order valence-corrected chi connectivity index (χ1v) is 9.43. The van der Waals surface area contributed by atoms with Crippen LogP contribution in [0, 0.1) is 11.6 Å². The largest absolute Gasteiger partial charge is 0.276 e. The summed E-state index contributed by atoms with van der Waals surface area (Å²) in [6.45, 7) is 0.295. The second-order valence-corrected chi connectivity index (χ2v) is 7.87. The molecule has 0 aliphatic heterocycles. The number of sulfonamides is 1. The number of nitrogens with one attached hydrogen (secondary N) is 1. The van der Waals surface area contributed by atoms with Gasteiger partial charge in [-0.3, -0.25) is 9.40 Å². The highest BCUT2D eigenvalue weighted by molar-refractivity contribution is 7.92. The lowest BCUT2D eigenvalue weighted by Crippen LogP contribution is -2.13. The van der Waals surface area contributed by atoms with Crippen molar-refractivity contribution in [3.63, 3.8) is 0 Å². The third kappa shape index (κ3) is 4.14. The zero-order chi connectivity index (χ0) is 18.9. The maximum Gasteiger partial charge on any atom is 0.262 e. The molecule has 0 fully saturated rings. The minimum absolute atomic E-state index is 0.166. The number of hydrogen-bond acceptors (Lipinski definition) is 3. The summed E-state index contributed by atoms with van der Waals surface area (Å²) in [6, 6.07) is 7.33. The minimum atomic E-state index is -4.08. The van der Waals surface area contributed by atoms with Crippen LogP contribution in [0.5, 0.6) is 0 Å². The van der Waals surface area contributed by atoms with Gasteiger partial charge in [0.2, 0.25) is 0 Å². The lowest BCUT2D eigenvalue weighted by Gasteiger charge is -2.07. The van der Waals surface area contributed by atoms with Crippen LogP contribution in [0.1, 0.15) is 5.56 Å². The van der Waals surface area contributed by atoms with Gasteiger partial charge in [-0.1, -0.05) is 29.3 Å². The number of anilines is 1. The Hall–Kier alpha value is -2.16. The van der Waals surface area contributed by atoms with Crippen molar-refractivity contribution in [1.82, 2.24) is 9.78 Å². The van der Waals surface area contributed by atoms with Gasteiger partial charge < -0.3 is 0 Å². The standard InChI is InChI=1S/C16H11Cl2F2N3O2S/c17-11-2-1-10(14(18)5-11)8-23-9-12(7-21-23)22-26(24,25)13-3-4-15(19)16(20)6-13/h1-7,9,22H,8H2. The second-order valence-electron chi connectivity index (χ2n) is 5.34. The molecule has 1 aromatic heterocycles. The summed E-state index contributed by atoms with van der Waals surface area (Å²) in [6.07, 6.45) is 2.74. The van der Waals surface area contributed by atoms with E-state index in [1.54, 1.807) is 18.2 Å². The second kappa shape index (κ2) is 7.22. The third-order valence-corrected chi connectivity index (χ3v) is 5.40. The molecule has 26 heavy (non-hydrogen) atoms. The van der Waals surface area contributed by atoms with Crippen LogP contribution in [0.3, 0.4) is 0 Å². The number of nitrogens with zero attached hydrogens (tertiary/aromatic N) is 2. The molecule has 2 aromatic carbocycles. The van der Waals surface area contributed by atoms with Gasteiger partial charge in [-0.15, -0.1) is 0 Å². The van der Waals surface area contributed by atoms with E-state index in [2.05, 4.69) is 9.82 Å². The molecule has 3 aromatic rings. The van der Waals surface area contributed by atoms with E-state index in [-0.39, 0.29) is 5.69 Å². The molecule has 0 aliphatic carbocycles. The molecule has 5 nitrogen and oxygen atoms in total. The number of aromatic nitrogens is 2. The Bertz CT molecular complexity index is 1070. The van der Waals surface area contributed by atoms with Crippen LogP contribution in [-0.2, 0) is 16.6 Å². The van der Waals surface area contributed by atoms with Gasteiger partial charge in [0.1, 0.15) is 0 Å². The van der Waals surface area contributed by atoms with Crippen LogP contribution >= 0.6 is 23.2 Å². The molecule has 0 amide bonds. The lowest BCUT2D eigenvalue weighted by molar-refractivity contribution is 0.504. The van der Waals surface area contributed by atoms with Crippen LogP contribution in [0.25, 0.3) is 0 Å². The van der Waals surface area contributed by atoms with Gasteiger partial charge in [-0.25, -0.2) is 17.2 Å². The Kier molecular flexibility index (Phi) is 5.17. The van der Waals surface area contributed by atoms with Crippen molar-refractivity contribution in [1.29, 1.82) is 0 Å². The van der Waals surface area contributed by atoms with Crippen molar-refractivity contribution < 1.29 is 17.2 Å². The maximum atomic E-state index is 13.3. The van der Waals surface area contributed by atoms with Crippen LogP contribution < -0.4 is 4.72 Å². The molecule has 0 saturated carbocycles. The average molecular weight is 418 g/mol. The first-order valence-electron chi connectivity index (χ1n) is 7.19. The molecule has 0 unspecified atom stereocenters. The van der Waals surface area contributed by atoms with E-state index in [0.717, 1.165) is 17.7 Å². The Labute approximate surface area is 158 Å². The molecular formula is C16H11Cl2F2N3O2S. The van der Waals surface area contributed by atoms with Crippen LogP contribution in [0.4, 0.5) is 14.5 Å². The van der Waals surface area contributed by atoms with E-state index in [4.69, 9.17) is 23.2 Å². The fourth-order valence-electron chi connectivity index (χ4n) is 2.19. The SMILES string of the molecule is O=S(=O)(Nc1cnn(Cc2ccc(Cl)cc2Cl)c1)c1ccc(F)c(F)c1. The van der Waals surface area contributed by atoms with Crippen molar-refractivity contribution in [2.45, 2.75) is 11.4 Å². The summed E-state index contributed by atoms with van der Waals surface area (Å²) in [5.74, 6) is -2.38. The topological polar surface area (TPSA) is 64.0 Å². The van der Waals surface area contributed by atoms with Crippen molar-refractivity contribution in [3.8, 4) is 0 Å². The van der Waals surface area contributed by atoms with Gasteiger partial charge in [0.15, 0.2) is 11.6 Å². The number of hydrogen-bond donors (Lipinski definition) is 1. The van der Waals surface area contributed by atoms with E-state index in [1.165, 1.54) is 17.1 Å². The highest BCUT2D eigenvalue weighted by Gasteiger charge is 2.17. The Morgan fingerprint density at radius 1 is 1.08 bits per heavy atom. The van der Waals surface area contributed by atoms with Crippen molar-refractivity contribution >= 4 is 38.9 Å². The molecule has 0 aliphatic rings. The number of rotatable bonds is 5. The summed E-state index contributed by atoms with van der Waals surface area (Å²) in [7, 11) is -4.08. The van der Waals surface area contributed by atoms with Crippen LogP contribution in [0.2, 0.25) is 10.0 Å². The molecule has 1 N–H and O–H groups in total. The maximum absolute atomic E-state index is 13.3. The van der Waals surface area contributed by atoms with Crippen molar-refractivity contribution in [3.05, 3.63) is 76.0 Å². The number of benzene rings is 2. The zero-order valence-electron chi connectivity index (χ0n) is 13.0. The van der Waals surface area contributed by atoms with Gasteiger partial charge in [-0.2, -0.15) is 5.10 Å². The Morgan fingerprint density at radius 3 is 2.54 bits per heavy atom. The van der Waals surface area contributed by atoms with E-state index in [9.17, 15) is 17.2 Å². The molecule has 1 heterocycles. The normalized spacial score (nSPS) is 11.5. The van der Waals surface area contributed by atoms with Gasteiger partial charge in [-0.05, 0) is 35.9 Å². The molecule has 0 saturated heterocycles. The molecule has 0 atom stereocenters. The van der Waals surface area contributed by atoms with Gasteiger partial charge >= 0.3 is 0 Å². The summed E-state index contributed by atoms with van der Waals surface area (Å²) in [4.78, 5) is -0.398. The fraction of sp³-hybridized carbons (Fsp3) is 0.0625. The average Bonchev–Trinajstić information content (AvgIpc) is 2.99. The van der Waals surface area contributed by atoms with E-state index < -0.39 is 26.6 Å². The molecule has 3 rings (SSSR count). The van der Waals surface area contributed by atoms with Crippen LogP contribution in [0.15, 0.2) is 53.7 Å². The highest BCUT2D eigenvalue weighted by Crippen LogP contribution is 2.22. The van der Waals surface area contributed by atoms with Gasteiger partial charge in [0.25, 0.3) is 10.0 Å². The zero-order valence-corrected chi connectivity index (χ0v) is 15.3. The smallest absolute Gasteiger partial charge is 0.262 e. The summed E-state index contributed by atoms with van der Waals surface area (Å²) >= 11 is 11.9. The van der Waals surface area contributed by atoms with E-state index in [1.807, 2.05) is 0 Å². The number of halogens is 4. The van der Waals surface area contributed by atoms with Crippen LogP contribution in [-0.4, -0.2) is 18.2 Å². The first kappa shape index (κ1) is 18.6. The van der Waals surface area contributed by atoms with Crippen molar-refractivity contribution in [2.24, 2.45) is 0 Å². The van der Waals surface area contributed by atoms with Gasteiger partial charge in [0, 0.05) is 16.2 Å². The van der Waals surface area contributed by atoms with Gasteiger partial charge in [0.05, 0.1) is 23.3 Å². The predicted octanol–water partition coefficient (Wildman–Crippen LogP) is 4.32. The summed E-state index contributed by atoms with van der Waals surface area (Å²) < 4.78 is 54.4. The minimum Gasteiger partial charge on any atom is -0.276 e. The van der Waals surface area contributed by atoms with E-state index >= 15 is 0 Å². The molecule has 0 radical (unpaired) electrons. The Balaban J connectivity index is 1.78. The summed E-state index contributed by atoms with van der Waals surface area (Å²) in [5, 5.41) is 5.00. The molecule has 10 heteroatoms. The Morgan fingerprint density at radius 2 is 1.85 bits per heavy atom. The fourth-order valence-corrected chi connectivity index (χ4v) is 3.69. The molecule has 0 bridgehead atoms. The third-order valence-electron chi connectivity index (χ3n) is 3.43. The lowest BCUT2D eigenvalue weighted by atomic mass is 10.2. The molecule has 0 spiro atoms. The van der Waals surface area contributed by atoms with Crippen molar-refractivity contribution in [2.75, 3.05) is 4.72 Å².